The van der Waals surface area contributed by atoms with Crippen molar-refractivity contribution in [2.45, 2.75) is 110 Å². The van der Waals surface area contributed by atoms with Crippen molar-refractivity contribution < 1.29 is 26.3 Å². The summed E-state index contributed by atoms with van der Waals surface area (Å²) < 4.78 is 62.4. The first-order valence-electron chi connectivity index (χ1n) is 15.4. The van der Waals surface area contributed by atoms with Gasteiger partial charge in [-0.3, -0.25) is 0 Å². The van der Waals surface area contributed by atoms with Crippen molar-refractivity contribution in [1.29, 1.82) is 0 Å². The molecule has 0 heterocycles. The second-order valence-corrected chi connectivity index (χ2v) is 10.1. The Labute approximate surface area is 195 Å². The fourth-order valence-corrected chi connectivity index (χ4v) is 6.36. The van der Waals surface area contributed by atoms with Crippen LogP contribution in [0.4, 0.5) is 0 Å². The SMILES string of the molecule is [2H]C([2H])([2H])C(O)(C([2H])([2H])[2H])C([2H])([2H])CC[C@@H](C)[C@H]1CCC2C(=C/C=C3/C[C@@H](O)C[C@@H](O)C3=C)CCC[C@@]21C. The highest BCUT2D eigenvalue weighted by molar-refractivity contribution is 5.38. The van der Waals surface area contributed by atoms with Gasteiger partial charge in [0.05, 0.1) is 17.8 Å². The van der Waals surface area contributed by atoms with E-state index in [1.807, 2.05) is 13.0 Å². The summed E-state index contributed by atoms with van der Waals surface area (Å²) in [4.78, 5) is 0. The molecule has 0 spiro atoms. The summed E-state index contributed by atoms with van der Waals surface area (Å²) in [7, 11) is 0. The van der Waals surface area contributed by atoms with Gasteiger partial charge in [0, 0.05) is 17.4 Å². The predicted octanol–water partition coefficient (Wildman–Crippen LogP) is 5.70. The lowest BCUT2D eigenvalue weighted by molar-refractivity contribution is 0.0596. The number of aliphatic hydroxyl groups excluding tert-OH is 2. The maximum absolute atomic E-state index is 10.7. The highest BCUT2D eigenvalue weighted by atomic mass is 16.3. The third-order valence-corrected chi connectivity index (χ3v) is 7.97. The fourth-order valence-electron chi connectivity index (χ4n) is 6.36. The smallest absolute Gasteiger partial charge is 0.0811 e. The summed E-state index contributed by atoms with van der Waals surface area (Å²) in [6.45, 7) is 1.49. The number of hydrogen-bond acceptors (Lipinski definition) is 3. The number of hydrogen-bond donors (Lipinski definition) is 3. The topological polar surface area (TPSA) is 60.7 Å². The van der Waals surface area contributed by atoms with Gasteiger partial charge in [-0.1, -0.05) is 51.0 Å². The Morgan fingerprint density at radius 2 is 2.10 bits per heavy atom. The van der Waals surface area contributed by atoms with E-state index in [4.69, 9.17) is 11.0 Å². The molecule has 3 heteroatoms. The lowest BCUT2D eigenvalue weighted by Gasteiger charge is -2.44. The molecule has 3 aliphatic rings. The molecule has 3 fully saturated rings. The summed E-state index contributed by atoms with van der Waals surface area (Å²) in [5, 5.41) is 31.0. The number of allylic oxidation sites excluding steroid dienone is 3. The lowest BCUT2D eigenvalue weighted by Crippen LogP contribution is -2.36. The fraction of sp³-hybridized carbons (Fsp3) is 0.778. The lowest BCUT2D eigenvalue weighted by atomic mass is 9.60. The van der Waals surface area contributed by atoms with Crippen molar-refractivity contribution in [3.05, 3.63) is 35.5 Å². The second-order valence-electron chi connectivity index (χ2n) is 10.1. The van der Waals surface area contributed by atoms with E-state index in [9.17, 15) is 15.3 Å². The predicted molar refractivity (Wildman–Crippen MR) is 124 cm³/mol. The van der Waals surface area contributed by atoms with Crippen LogP contribution in [0.5, 0.6) is 0 Å². The zero-order chi connectivity index (χ0) is 28.9. The Morgan fingerprint density at radius 1 is 1.33 bits per heavy atom. The van der Waals surface area contributed by atoms with Crippen molar-refractivity contribution in [3.63, 3.8) is 0 Å². The minimum absolute atomic E-state index is 0.0126. The van der Waals surface area contributed by atoms with Gasteiger partial charge >= 0.3 is 0 Å². The number of rotatable bonds is 6. The third kappa shape index (κ3) is 5.29. The molecule has 3 aliphatic carbocycles. The third-order valence-electron chi connectivity index (χ3n) is 7.97. The van der Waals surface area contributed by atoms with E-state index in [0.29, 0.717) is 24.3 Å². The van der Waals surface area contributed by atoms with Gasteiger partial charge in [0.15, 0.2) is 0 Å². The second kappa shape index (κ2) is 9.30. The summed E-state index contributed by atoms with van der Waals surface area (Å²) in [5.41, 5.74) is -0.614. The standard InChI is InChI=1S/C27H44O3/c1-18(8-6-14-26(3,4)30)23-12-13-24-20(9-7-15-27(23,24)5)10-11-21-16-22(28)17-25(29)19(21)2/h10-11,18,22-25,28-30H,2,6-9,12-17H2,1,3-5H3/b20-10?,21-11-/t18-,22-,23-,24?,25-,27-/m1/s1/i3D3,4D3,14D2. The minimum Gasteiger partial charge on any atom is -0.393 e. The van der Waals surface area contributed by atoms with Crippen LogP contribution >= 0.6 is 0 Å². The molecule has 0 aromatic rings. The molecule has 3 rings (SSSR count). The molecule has 0 aromatic heterocycles. The van der Waals surface area contributed by atoms with Crippen molar-refractivity contribution >= 4 is 0 Å². The Hall–Kier alpha value is -0.900. The van der Waals surface area contributed by atoms with Crippen molar-refractivity contribution in [1.82, 2.24) is 0 Å². The molecule has 3 nitrogen and oxygen atoms in total. The van der Waals surface area contributed by atoms with Crippen LogP contribution in [0.15, 0.2) is 35.5 Å². The zero-order valence-corrected chi connectivity index (χ0v) is 18.5. The molecule has 0 aromatic carbocycles. The summed E-state index contributed by atoms with van der Waals surface area (Å²) in [5.74, 6) is 0.603. The molecular weight excluding hydrogens is 372 g/mol. The number of fused-ring (bicyclic) bond motifs is 1. The molecular formula is C27H44O3. The maximum atomic E-state index is 10.7. The van der Waals surface area contributed by atoms with Crippen LogP contribution in [-0.4, -0.2) is 33.1 Å². The zero-order valence-electron chi connectivity index (χ0n) is 26.5. The van der Waals surface area contributed by atoms with Gasteiger partial charge in [0.25, 0.3) is 0 Å². The van der Waals surface area contributed by atoms with Crippen molar-refractivity contribution in [2.24, 2.45) is 23.2 Å². The van der Waals surface area contributed by atoms with Crippen LogP contribution in [0.1, 0.15) is 103 Å². The molecule has 0 bridgehead atoms. The summed E-state index contributed by atoms with van der Waals surface area (Å²) >= 11 is 0. The number of aliphatic hydroxyl groups is 3. The van der Waals surface area contributed by atoms with Crippen LogP contribution < -0.4 is 0 Å². The van der Waals surface area contributed by atoms with Gasteiger partial charge in [0.1, 0.15) is 0 Å². The molecule has 0 aliphatic heterocycles. The highest BCUT2D eigenvalue weighted by Crippen LogP contribution is 2.60. The van der Waals surface area contributed by atoms with Gasteiger partial charge in [-0.25, -0.2) is 0 Å². The van der Waals surface area contributed by atoms with E-state index in [2.05, 4.69) is 19.6 Å². The van der Waals surface area contributed by atoms with E-state index in [-0.39, 0.29) is 30.1 Å². The first-order valence-corrected chi connectivity index (χ1v) is 11.4. The molecule has 6 atom stereocenters. The molecule has 0 amide bonds. The normalized spacial score (nSPS) is 44.1. The molecule has 0 radical (unpaired) electrons. The average molecular weight is 425 g/mol. The molecule has 30 heavy (non-hydrogen) atoms. The van der Waals surface area contributed by atoms with E-state index >= 15 is 0 Å². The van der Waals surface area contributed by atoms with Gasteiger partial charge in [0.2, 0.25) is 0 Å². The summed E-state index contributed by atoms with van der Waals surface area (Å²) in [6, 6.07) is 0. The van der Waals surface area contributed by atoms with E-state index < -0.39 is 37.9 Å². The van der Waals surface area contributed by atoms with Crippen LogP contribution in [-0.2, 0) is 0 Å². The molecule has 0 saturated heterocycles. The average Bonchev–Trinajstić information content (AvgIpc) is 3.14. The first-order chi connectivity index (χ1) is 17.3. The van der Waals surface area contributed by atoms with Crippen molar-refractivity contribution in [2.75, 3.05) is 0 Å². The molecule has 170 valence electrons. The van der Waals surface area contributed by atoms with Crippen LogP contribution in [0.3, 0.4) is 0 Å². The Balaban J connectivity index is 1.76. The Bertz CT molecular complexity index is 937. The first kappa shape index (κ1) is 15.0. The van der Waals surface area contributed by atoms with E-state index in [0.717, 1.165) is 37.7 Å². The van der Waals surface area contributed by atoms with Crippen molar-refractivity contribution in [3.8, 4) is 0 Å². The van der Waals surface area contributed by atoms with Crippen LogP contribution in [0, 0.1) is 23.2 Å². The van der Waals surface area contributed by atoms with E-state index in [1.54, 1.807) is 0 Å². The van der Waals surface area contributed by atoms with Crippen LogP contribution in [0.25, 0.3) is 0 Å². The monoisotopic (exact) mass is 424 g/mol. The van der Waals surface area contributed by atoms with Gasteiger partial charge in [-0.05, 0) is 92.9 Å². The van der Waals surface area contributed by atoms with Crippen LogP contribution in [0.2, 0.25) is 0 Å². The quantitative estimate of drug-likeness (QED) is 0.512. The van der Waals surface area contributed by atoms with Gasteiger partial charge in [-0.2, -0.15) is 0 Å². The minimum atomic E-state index is -3.45. The summed E-state index contributed by atoms with van der Waals surface area (Å²) in [6.07, 6.45) is 5.59. The molecule has 3 saturated carbocycles. The highest BCUT2D eigenvalue weighted by Gasteiger charge is 2.50. The molecule has 3 N–H and O–H groups in total. The Morgan fingerprint density at radius 3 is 2.83 bits per heavy atom. The maximum Gasteiger partial charge on any atom is 0.0811 e. The van der Waals surface area contributed by atoms with Gasteiger partial charge < -0.3 is 15.3 Å². The van der Waals surface area contributed by atoms with E-state index in [1.165, 1.54) is 5.57 Å². The molecule has 1 unspecified atom stereocenters. The Kier molecular flexibility index (Phi) is 4.66. The largest absolute Gasteiger partial charge is 0.393 e. The van der Waals surface area contributed by atoms with Gasteiger partial charge in [-0.15, -0.1) is 0 Å².